The molecular weight excluding hydrogens is 288 g/mol. The van der Waals surface area contributed by atoms with Crippen molar-refractivity contribution in [2.75, 3.05) is 0 Å². The number of nitrogens with zero attached hydrogens (tertiary/aromatic N) is 1. The van der Waals surface area contributed by atoms with Crippen molar-refractivity contribution in [3.05, 3.63) is 34.4 Å². The Morgan fingerprint density at radius 1 is 1.35 bits per heavy atom. The number of aliphatic carboxylic acids is 1. The molecule has 1 aromatic carbocycles. The highest BCUT2D eigenvalue weighted by molar-refractivity contribution is 7.89. The Morgan fingerprint density at radius 3 is 2.25 bits per heavy atom. The van der Waals surface area contributed by atoms with Gasteiger partial charge in [-0.05, 0) is 26.0 Å². The van der Waals surface area contributed by atoms with Gasteiger partial charge in [-0.2, -0.15) is 0 Å². The number of rotatable bonds is 6. The third-order valence-electron chi connectivity index (χ3n) is 2.36. The monoisotopic (exact) mass is 302 g/mol. The minimum Gasteiger partial charge on any atom is -0.481 e. The van der Waals surface area contributed by atoms with Crippen LogP contribution in [0, 0.1) is 10.1 Å². The van der Waals surface area contributed by atoms with Gasteiger partial charge in [0.1, 0.15) is 0 Å². The van der Waals surface area contributed by atoms with Gasteiger partial charge in [0.2, 0.25) is 10.0 Å². The quantitative estimate of drug-likeness (QED) is 0.599. The largest absolute Gasteiger partial charge is 0.481 e. The van der Waals surface area contributed by atoms with Crippen molar-refractivity contribution in [3.8, 4) is 0 Å². The molecule has 0 aliphatic carbocycles. The summed E-state index contributed by atoms with van der Waals surface area (Å²) in [6.45, 7) is 2.87. The Hall–Kier alpha value is -2.00. The second kappa shape index (κ2) is 5.55. The zero-order valence-electron chi connectivity index (χ0n) is 10.9. The molecule has 0 unspecified atom stereocenters. The van der Waals surface area contributed by atoms with E-state index < -0.39 is 26.5 Å². The molecule has 0 bridgehead atoms. The minimum atomic E-state index is -3.94. The van der Waals surface area contributed by atoms with E-state index in [0.717, 1.165) is 24.3 Å². The summed E-state index contributed by atoms with van der Waals surface area (Å²) in [6.07, 6.45) is -0.390. The standard InChI is InChI=1S/C11H14N2O6S/c1-11(2,7-10(14)15)12-20(18,19)9-5-3-8(4-6-9)13(16)17/h3-6,12H,7H2,1-2H3,(H,14,15). The summed E-state index contributed by atoms with van der Waals surface area (Å²) in [5.41, 5.74) is -1.40. The van der Waals surface area contributed by atoms with Gasteiger partial charge in [0.25, 0.3) is 5.69 Å². The topological polar surface area (TPSA) is 127 Å². The second-order valence-corrected chi connectivity index (χ2v) is 6.49. The lowest BCUT2D eigenvalue weighted by Gasteiger charge is -2.23. The third-order valence-corrected chi connectivity index (χ3v) is 4.08. The first-order valence-electron chi connectivity index (χ1n) is 5.54. The molecule has 0 atom stereocenters. The van der Waals surface area contributed by atoms with E-state index in [9.17, 15) is 23.3 Å². The summed E-state index contributed by atoms with van der Waals surface area (Å²) in [6, 6.07) is 4.33. The van der Waals surface area contributed by atoms with Crippen LogP contribution in [0.3, 0.4) is 0 Å². The van der Waals surface area contributed by atoms with Crippen molar-refractivity contribution in [1.82, 2.24) is 4.72 Å². The number of carboxylic acids is 1. The molecule has 1 aromatic rings. The van der Waals surface area contributed by atoms with E-state index in [-0.39, 0.29) is 17.0 Å². The number of sulfonamides is 1. The minimum absolute atomic E-state index is 0.165. The number of non-ortho nitro benzene ring substituents is 1. The molecule has 110 valence electrons. The molecule has 0 fully saturated rings. The van der Waals surface area contributed by atoms with Gasteiger partial charge in [0.15, 0.2) is 0 Å². The molecule has 9 heteroatoms. The molecule has 0 amide bonds. The van der Waals surface area contributed by atoms with Crippen LogP contribution in [0.1, 0.15) is 20.3 Å². The van der Waals surface area contributed by atoms with Crippen LogP contribution < -0.4 is 4.72 Å². The number of nitrogens with one attached hydrogen (secondary N) is 1. The first-order chi connectivity index (χ1) is 9.03. The predicted octanol–water partition coefficient (Wildman–Crippen LogP) is 1.13. The molecule has 20 heavy (non-hydrogen) atoms. The fourth-order valence-corrected chi connectivity index (χ4v) is 3.00. The summed E-state index contributed by atoms with van der Waals surface area (Å²) in [7, 11) is -3.94. The van der Waals surface area contributed by atoms with Crippen molar-refractivity contribution >= 4 is 21.7 Å². The number of nitro groups is 1. The summed E-state index contributed by atoms with van der Waals surface area (Å²) < 4.78 is 26.3. The maximum Gasteiger partial charge on any atom is 0.305 e. The molecule has 8 nitrogen and oxygen atoms in total. The van der Waals surface area contributed by atoms with E-state index in [2.05, 4.69) is 4.72 Å². The van der Waals surface area contributed by atoms with E-state index >= 15 is 0 Å². The Balaban J connectivity index is 2.99. The van der Waals surface area contributed by atoms with Crippen LogP contribution in [0.4, 0.5) is 5.69 Å². The molecule has 0 spiro atoms. The average Bonchev–Trinajstić information content (AvgIpc) is 2.25. The van der Waals surface area contributed by atoms with Crippen LogP contribution in [-0.2, 0) is 14.8 Å². The zero-order chi connectivity index (χ0) is 15.6. The van der Waals surface area contributed by atoms with Crippen LogP contribution in [0.25, 0.3) is 0 Å². The molecule has 0 aromatic heterocycles. The number of carbonyl (C=O) groups is 1. The highest BCUT2D eigenvalue weighted by Gasteiger charge is 2.28. The van der Waals surface area contributed by atoms with Crippen LogP contribution in [0.5, 0.6) is 0 Å². The number of hydrogen-bond acceptors (Lipinski definition) is 5. The normalized spacial score (nSPS) is 12.1. The van der Waals surface area contributed by atoms with E-state index in [4.69, 9.17) is 5.11 Å². The lowest BCUT2D eigenvalue weighted by molar-refractivity contribution is -0.384. The smallest absolute Gasteiger partial charge is 0.305 e. The van der Waals surface area contributed by atoms with Gasteiger partial charge in [-0.15, -0.1) is 0 Å². The Morgan fingerprint density at radius 2 is 1.85 bits per heavy atom. The maximum atomic E-state index is 12.0. The highest BCUT2D eigenvalue weighted by Crippen LogP contribution is 2.18. The van der Waals surface area contributed by atoms with Crippen LogP contribution >= 0.6 is 0 Å². The summed E-state index contributed by atoms with van der Waals surface area (Å²) in [5, 5.41) is 19.2. The van der Waals surface area contributed by atoms with Crippen LogP contribution in [-0.4, -0.2) is 30.0 Å². The summed E-state index contributed by atoms with van der Waals surface area (Å²) >= 11 is 0. The molecule has 0 heterocycles. The van der Waals surface area contributed by atoms with Gasteiger partial charge in [-0.3, -0.25) is 14.9 Å². The van der Waals surface area contributed by atoms with Crippen LogP contribution in [0.2, 0.25) is 0 Å². The molecule has 0 saturated carbocycles. The Bertz CT molecular complexity index is 621. The lowest BCUT2D eigenvalue weighted by atomic mass is 10.0. The first kappa shape index (κ1) is 16.1. The lowest BCUT2D eigenvalue weighted by Crippen LogP contribution is -2.44. The first-order valence-corrected chi connectivity index (χ1v) is 7.02. The molecule has 0 saturated heterocycles. The molecular formula is C11H14N2O6S. The van der Waals surface area contributed by atoms with Gasteiger partial charge in [0.05, 0.1) is 16.2 Å². The fraction of sp³-hybridized carbons (Fsp3) is 0.364. The van der Waals surface area contributed by atoms with Crippen LogP contribution in [0.15, 0.2) is 29.2 Å². The van der Waals surface area contributed by atoms with Gasteiger partial charge in [-0.25, -0.2) is 13.1 Å². The van der Waals surface area contributed by atoms with E-state index in [1.807, 2.05) is 0 Å². The number of benzene rings is 1. The summed E-state index contributed by atoms with van der Waals surface area (Å²) in [4.78, 5) is 20.3. The molecule has 2 N–H and O–H groups in total. The van der Waals surface area contributed by atoms with Crippen molar-refractivity contribution < 1.29 is 23.2 Å². The zero-order valence-corrected chi connectivity index (χ0v) is 11.7. The van der Waals surface area contributed by atoms with Gasteiger partial charge >= 0.3 is 5.97 Å². The third kappa shape index (κ3) is 4.28. The summed E-state index contributed by atoms with van der Waals surface area (Å²) in [5.74, 6) is -1.14. The Labute approximate surface area is 115 Å². The average molecular weight is 302 g/mol. The molecule has 0 aliphatic rings. The molecule has 0 aliphatic heterocycles. The number of nitro benzene ring substituents is 1. The second-order valence-electron chi connectivity index (χ2n) is 4.81. The van der Waals surface area contributed by atoms with Gasteiger partial charge in [0, 0.05) is 17.7 Å². The predicted molar refractivity (Wildman–Crippen MR) is 69.7 cm³/mol. The van der Waals surface area contributed by atoms with Gasteiger partial charge in [-0.1, -0.05) is 0 Å². The Kier molecular flexibility index (Phi) is 4.46. The molecule has 1 rings (SSSR count). The van der Waals surface area contributed by atoms with E-state index in [1.165, 1.54) is 13.8 Å². The maximum absolute atomic E-state index is 12.0. The van der Waals surface area contributed by atoms with E-state index in [1.54, 1.807) is 0 Å². The highest BCUT2D eigenvalue weighted by atomic mass is 32.2. The van der Waals surface area contributed by atoms with Crippen molar-refractivity contribution in [2.45, 2.75) is 30.7 Å². The fourth-order valence-electron chi connectivity index (χ4n) is 1.58. The number of hydrogen-bond donors (Lipinski definition) is 2. The SMILES string of the molecule is CC(C)(CC(=O)O)NS(=O)(=O)c1ccc([N+](=O)[O-])cc1. The van der Waals surface area contributed by atoms with E-state index in [0.29, 0.717) is 0 Å². The number of carboxylic acid groups (broad SMARTS) is 1. The van der Waals surface area contributed by atoms with Crippen molar-refractivity contribution in [3.63, 3.8) is 0 Å². The van der Waals surface area contributed by atoms with Crippen molar-refractivity contribution in [2.24, 2.45) is 0 Å². The molecule has 0 radical (unpaired) electrons. The van der Waals surface area contributed by atoms with Crippen molar-refractivity contribution in [1.29, 1.82) is 0 Å². The van der Waals surface area contributed by atoms with Gasteiger partial charge < -0.3 is 5.11 Å².